The normalized spacial score (nSPS) is 30.3. The van der Waals surface area contributed by atoms with Crippen LogP contribution in [0.4, 0.5) is 0 Å². The molecule has 1 unspecified atom stereocenters. The summed E-state index contributed by atoms with van der Waals surface area (Å²) in [6, 6.07) is -0.109. The summed E-state index contributed by atoms with van der Waals surface area (Å²) >= 11 is 0. The topological polar surface area (TPSA) is 69.6 Å². The Morgan fingerprint density at radius 2 is 1.86 bits per heavy atom. The lowest BCUT2D eigenvalue weighted by molar-refractivity contribution is -0.138. The summed E-state index contributed by atoms with van der Waals surface area (Å²) in [7, 11) is 0. The van der Waals surface area contributed by atoms with Gasteiger partial charge in [-0.15, -0.1) is 0 Å². The van der Waals surface area contributed by atoms with Crippen LogP contribution in [0.15, 0.2) is 0 Å². The average molecular weight is 296 g/mol. The highest BCUT2D eigenvalue weighted by Gasteiger charge is 2.32. The fraction of sp³-hybridized carbons (Fsp3) is 0.875. The second-order valence-corrected chi connectivity index (χ2v) is 6.74. The highest BCUT2D eigenvalue weighted by molar-refractivity contribution is 5.82. The van der Waals surface area contributed by atoms with E-state index in [4.69, 9.17) is 0 Å². The van der Waals surface area contributed by atoms with Crippen LogP contribution in [0.3, 0.4) is 0 Å². The number of carbonyl (C=O) groups excluding carboxylic acids is 2. The van der Waals surface area contributed by atoms with Crippen molar-refractivity contribution >= 4 is 11.8 Å². The molecule has 0 aromatic carbocycles. The standard InChI is InChI=1S/C16H28N2O3/c1-11(2)16(21)18-9-5-6-12(10-18)15(20)17-13-7-3-4-8-14(13)19/h11-14,19H,3-10H2,1-2H3,(H,17,20)/t12?,13-,14-/m1/s1. The van der Waals surface area contributed by atoms with E-state index in [1.165, 1.54) is 0 Å². The zero-order chi connectivity index (χ0) is 15.4. The van der Waals surface area contributed by atoms with Crippen LogP contribution in [-0.2, 0) is 9.59 Å². The van der Waals surface area contributed by atoms with Crippen LogP contribution in [0.5, 0.6) is 0 Å². The van der Waals surface area contributed by atoms with Crippen molar-refractivity contribution in [1.29, 1.82) is 0 Å². The van der Waals surface area contributed by atoms with Crippen molar-refractivity contribution in [3.63, 3.8) is 0 Å². The molecule has 5 heteroatoms. The number of nitrogens with zero attached hydrogens (tertiary/aromatic N) is 1. The Labute approximate surface area is 127 Å². The van der Waals surface area contributed by atoms with Crippen molar-refractivity contribution < 1.29 is 14.7 Å². The molecule has 2 amide bonds. The maximum atomic E-state index is 12.4. The van der Waals surface area contributed by atoms with Gasteiger partial charge in [-0.05, 0) is 25.7 Å². The lowest BCUT2D eigenvalue weighted by Crippen LogP contribution is -2.51. The first-order chi connectivity index (χ1) is 9.99. The van der Waals surface area contributed by atoms with Crippen LogP contribution in [0, 0.1) is 11.8 Å². The third-order valence-corrected chi connectivity index (χ3v) is 4.65. The van der Waals surface area contributed by atoms with Crippen LogP contribution in [0.1, 0.15) is 52.4 Å². The Morgan fingerprint density at radius 3 is 2.52 bits per heavy atom. The Balaban J connectivity index is 1.88. The first kappa shape index (κ1) is 16.3. The van der Waals surface area contributed by atoms with Crippen molar-refractivity contribution in [2.45, 2.75) is 64.5 Å². The number of likely N-dealkylation sites (tertiary alicyclic amines) is 1. The van der Waals surface area contributed by atoms with Crippen molar-refractivity contribution in [2.75, 3.05) is 13.1 Å². The second kappa shape index (κ2) is 7.25. The van der Waals surface area contributed by atoms with Gasteiger partial charge in [-0.25, -0.2) is 0 Å². The number of hydrogen-bond acceptors (Lipinski definition) is 3. The number of piperidine rings is 1. The van der Waals surface area contributed by atoms with Crippen molar-refractivity contribution in [3.05, 3.63) is 0 Å². The predicted molar refractivity (Wildman–Crippen MR) is 80.5 cm³/mol. The van der Waals surface area contributed by atoms with Crippen LogP contribution in [0.2, 0.25) is 0 Å². The molecule has 2 fully saturated rings. The lowest BCUT2D eigenvalue weighted by Gasteiger charge is -2.35. The van der Waals surface area contributed by atoms with Crippen LogP contribution < -0.4 is 5.32 Å². The Morgan fingerprint density at radius 1 is 1.14 bits per heavy atom. The first-order valence-corrected chi connectivity index (χ1v) is 8.26. The molecular weight excluding hydrogens is 268 g/mol. The SMILES string of the molecule is CC(C)C(=O)N1CCCC(C(=O)N[C@@H]2CCCC[C@H]2O)C1. The number of amides is 2. The lowest BCUT2D eigenvalue weighted by atomic mass is 9.91. The highest BCUT2D eigenvalue weighted by atomic mass is 16.3. The maximum absolute atomic E-state index is 12.4. The fourth-order valence-corrected chi connectivity index (χ4v) is 3.34. The number of carbonyl (C=O) groups is 2. The minimum absolute atomic E-state index is 0.00204. The molecule has 1 heterocycles. The number of aliphatic hydroxyl groups is 1. The molecule has 0 spiro atoms. The summed E-state index contributed by atoms with van der Waals surface area (Å²) in [5, 5.41) is 13.0. The minimum Gasteiger partial charge on any atom is -0.391 e. The van der Waals surface area contributed by atoms with E-state index in [1.54, 1.807) is 0 Å². The summed E-state index contributed by atoms with van der Waals surface area (Å²) in [6.07, 6.45) is 5.01. The molecule has 0 aromatic heterocycles. The van der Waals surface area contributed by atoms with E-state index in [0.29, 0.717) is 6.54 Å². The van der Waals surface area contributed by atoms with Gasteiger partial charge in [0, 0.05) is 19.0 Å². The van der Waals surface area contributed by atoms with Crippen molar-refractivity contribution in [1.82, 2.24) is 10.2 Å². The Kier molecular flexibility index (Phi) is 5.62. The molecule has 2 N–H and O–H groups in total. The molecule has 1 aliphatic heterocycles. The van der Waals surface area contributed by atoms with E-state index in [-0.39, 0.29) is 29.7 Å². The summed E-state index contributed by atoms with van der Waals surface area (Å²) in [5.74, 6) is -0.0186. The molecule has 2 rings (SSSR count). The molecule has 120 valence electrons. The fourth-order valence-electron chi connectivity index (χ4n) is 3.34. The van der Waals surface area contributed by atoms with Crippen molar-refractivity contribution in [3.8, 4) is 0 Å². The van der Waals surface area contributed by atoms with E-state index >= 15 is 0 Å². The number of aliphatic hydroxyl groups excluding tert-OH is 1. The van der Waals surface area contributed by atoms with Gasteiger partial charge in [-0.1, -0.05) is 26.7 Å². The monoisotopic (exact) mass is 296 g/mol. The van der Waals surface area contributed by atoms with Gasteiger partial charge in [0.1, 0.15) is 0 Å². The van der Waals surface area contributed by atoms with E-state index in [1.807, 2.05) is 18.7 Å². The van der Waals surface area contributed by atoms with Crippen LogP contribution >= 0.6 is 0 Å². The quantitative estimate of drug-likeness (QED) is 0.825. The third kappa shape index (κ3) is 4.19. The van der Waals surface area contributed by atoms with Crippen molar-refractivity contribution in [2.24, 2.45) is 11.8 Å². The molecule has 0 bridgehead atoms. The number of nitrogens with one attached hydrogen (secondary N) is 1. The Bertz CT molecular complexity index is 384. The van der Waals surface area contributed by atoms with Gasteiger partial charge < -0.3 is 15.3 Å². The number of rotatable bonds is 3. The van der Waals surface area contributed by atoms with Gasteiger partial charge in [-0.2, -0.15) is 0 Å². The second-order valence-electron chi connectivity index (χ2n) is 6.74. The highest BCUT2D eigenvalue weighted by Crippen LogP contribution is 2.22. The molecule has 0 radical (unpaired) electrons. The molecule has 1 saturated carbocycles. The third-order valence-electron chi connectivity index (χ3n) is 4.65. The molecule has 1 aliphatic carbocycles. The minimum atomic E-state index is -0.417. The summed E-state index contributed by atoms with van der Waals surface area (Å²) in [5.41, 5.74) is 0. The largest absolute Gasteiger partial charge is 0.391 e. The molecule has 3 atom stereocenters. The molecular formula is C16H28N2O3. The zero-order valence-corrected chi connectivity index (χ0v) is 13.2. The van der Waals surface area contributed by atoms with Gasteiger partial charge in [0.25, 0.3) is 0 Å². The summed E-state index contributed by atoms with van der Waals surface area (Å²) in [4.78, 5) is 26.3. The van der Waals surface area contributed by atoms with E-state index in [2.05, 4.69) is 5.32 Å². The van der Waals surface area contributed by atoms with Gasteiger partial charge in [0.05, 0.1) is 18.1 Å². The van der Waals surface area contributed by atoms with Crippen LogP contribution in [-0.4, -0.2) is 47.1 Å². The van der Waals surface area contributed by atoms with E-state index in [0.717, 1.165) is 45.1 Å². The molecule has 21 heavy (non-hydrogen) atoms. The summed E-state index contributed by atoms with van der Waals surface area (Å²) < 4.78 is 0. The number of hydrogen-bond donors (Lipinski definition) is 2. The Hall–Kier alpha value is -1.10. The summed E-state index contributed by atoms with van der Waals surface area (Å²) in [6.45, 7) is 5.06. The predicted octanol–water partition coefficient (Wildman–Crippen LogP) is 1.30. The van der Waals surface area contributed by atoms with E-state index < -0.39 is 6.10 Å². The zero-order valence-electron chi connectivity index (χ0n) is 13.2. The molecule has 1 saturated heterocycles. The van der Waals surface area contributed by atoms with Gasteiger partial charge >= 0.3 is 0 Å². The molecule has 0 aromatic rings. The first-order valence-electron chi connectivity index (χ1n) is 8.26. The van der Waals surface area contributed by atoms with Gasteiger partial charge in [0.15, 0.2) is 0 Å². The molecule has 2 aliphatic rings. The van der Waals surface area contributed by atoms with E-state index in [9.17, 15) is 14.7 Å². The van der Waals surface area contributed by atoms with Crippen LogP contribution in [0.25, 0.3) is 0 Å². The van der Waals surface area contributed by atoms with Gasteiger partial charge in [-0.3, -0.25) is 9.59 Å². The maximum Gasteiger partial charge on any atom is 0.225 e. The smallest absolute Gasteiger partial charge is 0.225 e. The van der Waals surface area contributed by atoms with Gasteiger partial charge in [0.2, 0.25) is 11.8 Å². The average Bonchev–Trinajstić information content (AvgIpc) is 2.48. The molecule has 5 nitrogen and oxygen atoms in total.